The minimum Gasteiger partial charge on any atom is -0.324 e. The predicted molar refractivity (Wildman–Crippen MR) is 81.5 cm³/mol. The standard InChI is InChI=1S/C13H13Br2NS/c1-8-2-3-9(6-11(8)15)12(16)7-13-10(14)4-5-17-13/h2-6,12H,7,16H2,1H3. The minimum absolute atomic E-state index is 0.0434. The summed E-state index contributed by atoms with van der Waals surface area (Å²) in [7, 11) is 0. The molecule has 4 heteroatoms. The molecule has 0 radical (unpaired) electrons. The van der Waals surface area contributed by atoms with Crippen molar-refractivity contribution in [2.24, 2.45) is 5.73 Å². The van der Waals surface area contributed by atoms with Crippen LogP contribution in [-0.2, 0) is 6.42 Å². The normalized spacial score (nSPS) is 12.7. The monoisotopic (exact) mass is 373 g/mol. The summed E-state index contributed by atoms with van der Waals surface area (Å²) in [6.07, 6.45) is 0.869. The minimum atomic E-state index is 0.0434. The van der Waals surface area contributed by atoms with Crippen LogP contribution in [0, 0.1) is 6.92 Å². The summed E-state index contributed by atoms with van der Waals surface area (Å²) >= 11 is 8.82. The van der Waals surface area contributed by atoms with Crippen LogP contribution in [0.3, 0.4) is 0 Å². The van der Waals surface area contributed by atoms with E-state index in [1.807, 2.05) is 0 Å². The Kier molecular flexibility index (Phi) is 4.42. The molecule has 1 unspecified atom stereocenters. The van der Waals surface area contributed by atoms with Crippen LogP contribution in [0.1, 0.15) is 22.0 Å². The van der Waals surface area contributed by atoms with Crippen LogP contribution < -0.4 is 5.73 Å². The molecular formula is C13H13Br2NS. The molecule has 0 bridgehead atoms. The molecular weight excluding hydrogens is 362 g/mol. The highest BCUT2D eigenvalue weighted by molar-refractivity contribution is 9.10. The number of aryl methyl sites for hydroxylation is 1. The molecule has 0 aliphatic rings. The van der Waals surface area contributed by atoms with Crippen LogP contribution in [0.25, 0.3) is 0 Å². The number of halogens is 2. The molecule has 0 spiro atoms. The summed E-state index contributed by atoms with van der Waals surface area (Å²) in [5.74, 6) is 0. The first kappa shape index (κ1) is 13.3. The first-order valence-electron chi connectivity index (χ1n) is 5.31. The summed E-state index contributed by atoms with van der Waals surface area (Å²) in [6, 6.07) is 8.43. The molecule has 1 aromatic heterocycles. The van der Waals surface area contributed by atoms with Gasteiger partial charge in [0, 0.05) is 26.3 Å². The third kappa shape index (κ3) is 3.19. The molecule has 2 N–H and O–H groups in total. The maximum atomic E-state index is 6.24. The van der Waals surface area contributed by atoms with Crippen molar-refractivity contribution in [1.29, 1.82) is 0 Å². The van der Waals surface area contributed by atoms with E-state index in [2.05, 4.69) is 68.4 Å². The fraction of sp³-hybridized carbons (Fsp3) is 0.231. The van der Waals surface area contributed by atoms with Gasteiger partial charge in [0.2, 0.25) is 0 Å². The van der Waals surface area contributed by atoms with Crippen LogP contribution in [0.5, 0.6) is 0 Å². The van der Waals surface area contributed by atoms with Crippen molar-refractivity contribution in [3.8, 4) is 0 Å². The lowest BCUT2D eigenvalue weighted by molar-refractivity contribution is 0.728. The van der Waals surface area contributed by atoms with Crippen molar-refractivity contribution in [2.45, 2.75) is 19.4 Å². The molecule has 1 atom stereocenters. The van der Waals surface area contributed by atoms with E-state index in [9.17, 15) is 0 Å². The van der Waals surface area contributed by atoms with E-state index in [0.29, 0.717) is 0 Å². The number of nitrogens with two attached hydrogens (primary N) is 1. The molecule has 0 saturated carbocycles. The molecule has 1 heterocycles. The van der Waals surface area contributed by atoms with Crippen molar-refractivity contribution in [2.75, 3.05) is 0 Å². The lowest BCUT2D eigenvalue weighted by atomic mass is 10.0. The largest absolute Gasteiger partial charge is 0.324 e. The Labute approximate surface area is 122 Å². The number of hydrogen-bond donors (Lipinski definition) is 1. The van der Waals surface area contributed by atoms with E-state index in [0.717, 1.165) is 15.4 Å². The van der Waals surface area contributed by atoms with Crippen molar-refractivity contribution in [1.82, 2.24) is 0 Å². The predicted octanol–water partition coefficient (Wildman–Crippen LogP) is 4.82. The number of thiophene rings is 1. The first-order valence-corrected chi connectivity index (χ1v) is 7.78. The van der Waals surface area contributed by atoms with Gasteiger partial charge in [-0.15, -0.1) is 11.3 Å². The molecule has 90 valence electrons. The second kappa shape index (κ2) is 5.65. The molecule has 0 amide bonds. The highest BCUT2D eigenvalue weighted by Gasteiger charge is 2.11. The zero-order valence-electron chi connectivity index (χ0n) is 9.41. The van der Waals surface area contributed by atoms with Crippen molar-refractivity contribution in [3.05, 3.63) is 54.6 Å². The zero-order chi connectivity index (χ0) is 12.4. The van der Waals surface area contributed by atoms with Crippen molar-refractivity contribution < 1.29 is 0 Å². The third-order valence-corrected chi connectivity index (χ3v) is 5.52. The molecule has 1 nitrogen and oxygen atoms in total. The quantitative estimate of drug-likeness (QED) is 0.818. The van der Waals surface area contributed by atoms with Crippen LogP contribution in [0.15, 0.2) is 38.6 Å². The van der Waals surface area contributed by atoms with Gasteiger partial charge in [-0.25, -0.2) is 0 Å². The summed E-state index contributed by atoms with van der Waals surface area (Å²) in [4.78, 5) is 1.30. The van der Waals surface area contributed by atoms with Gasteiger partial charge in [-0.3, -0.25) is 0 Å². The van der Waals surface area contributed by atoms with Gasteiger partial charge >= 0.3 is 0 Å². The van der Waals surface area contributed by atoms with E-state index >= 15 is 0 Å². The Balaban J connectivity index is 2.17. The molecule has 1 aromatic carbocycles. The lowest BCUT2D eigenvalue weighted by Crippen LogP contribution is -2.13. The molecule has 2 rings (SSSR count). The van der Waals surface area contributed by atoms with Crippen LogP contribution in [0.2, 0.25) is 0 Å². The van der Waals surface area contributed by atoms with E-state index in [1.54, 1.807) is 11.3 Å². The second-order valence-electron chi connectivity index (χ2n) is 4.01. The van der Waals surface area contributed by atoms with Gasteiger partial charge in [-0.2, -0.15) is 0 Å². The number of hydrogen-bond acceptors (Lipinski definition) is 2. The highest BCUT2D eigenvalue weighted by Crippen LogP contribution is 2.28. The summed E-state index contributed by atoms with van der Waals surface area (Å²) in [6.45, 7) is 2.08. The zero-order valence-corrected chi connectivity index (χ0v) is 13.4. The maximum absolute atomic E-state index is 6.24. The van der Waals surface area contributed by atoms with Gasteiger partial charge in [0.25, 0.3) is 0 Å². The summed E-state index contributed by atoms with van der Waals surface area (Å²) < 4.78 is 2.28. The smallest absolute Gasteiger partial charge is 0.0344 e. The lowest BCUT2D eigenvalue weighted by Gasteiger charge is -2.12. The number of rotatable bonds is 3. The fourth-order valence-electron chi connectivity index (χ4n) is 1.63. The van der Waals surface area contributed by atoms with E-state index in [1.165, 1.54) is 16.0 Å². The Morgan fingerprint density at radius 2 is 2.00 bits per heavy atom. The molecule has 0 aliphatic heterocycles. The molecule has 2 aromatic rings. The Morgan fingerprint density at radius 3 is 2.59 bits per heavy atom. The van der Waals surface area contributed by atoms with E-state index in [-0.39, 0.29) is 6.04 Å². The second-order valence-corrected chi connectivity index (χ2v) is 6.72. The van der Waals surface area contributed by atoms with Crippen molar-refractivity contribution in [3.63, 3.8) is 0 Å². The average Bonchev–Trinajstić information content (AvgIpc) is 2.68. The van der Waals surface area contributed by atoms with Gasteiger partial charge in [-0.1, -0.05) is 28.1 Å². The first-order chi connectivity index (χ1) is 8.08. The number of benzene rings is 1. The third-order valence-electron chi connectivity index (χ3n) is 2.72. The van der Waals surface area contributed by atoms with Crippen LogP contribution in [0.4, 0.5) is 0 Å². The SMILES string of the molecule is Cc1ccc(C(N)Cc2sccc2Br)cc1Br. The van der Waals surface area contributed by atoms with E-state index < -0.39 is 0 Å². The Bertz CT molecular complexity index is 522. The maximum Gasteiger partial charge on any atom is 0.0344 e. The molecule has 0 saturated heterocycles. The Morgan fingerprint density at radius 1 is 1.24 bits per heavy atom. The van der Waals surface area contributed by atoms with Crippen LogP contribution >= 0.6 is 43.2 Å². The molecule has 0 fully saturated rings. The van der Waals surface area contributed by atoms with Gasteiger partial charge in [0.1, 0.15) is 0 Å². The van der Waals surface area contributed by atoms with Gasteiger partial charge in [-0.05, 0) is 51.5 Å². The van der Waals surface area contributed by atoms with E-state index in [4.69, 9.17) is 5.73 Å². The van der Waals surface area contributed by atoms with Crippen molar-refractivity contribution >= 4 is 43.2 Å². The molecule has 17 heavy (non-hydrogen) atoms. The average molecular weight is 375 g/mol. The summed E-state index contributed by atoms with van der Waals surface area (Å²) in [5.41, 5.74) is 8.64. The van der Waals surface area contributed by atoms with Gasteiger partial charge in [0.05, 0.1) is 0 Å². The summed E-state index contributed by atoms with van der Waals surface area (Å²) in [5, 5.41) is 2.08. The van der Waals surface area contributed by atoms with Gasteiger partial charge in [0.15, 0.2) is 0 Å². The fourth-order valence-corrected chi connectivity index (χ4v) is 3.60. The molecule has 0 aliphatic carbocycles. The van der Waals surface area contributed by atoms with Crippen LogP contribution in [-0.4, -0.2) is 0 Å². The Hall–Kier alpha value is -0.160. The topological polar surface area (TPSA) is 26.0 Å². The van der Waals surface area contributed by atoms with Gasteiger partial charge < -0.3 is 5.73 Å². The highest BCUT2D eigenvalue weighted by atomic mass is 79.9.